The molecule has 0 aliphatic heterocycles. The molecule has 2 heteroatoms. The van der Waals surface area contributed by atoms with Gasteiger partial charge in [0.2, 0.25) is 0 Å². The second-order valence-corrected chi connectivity index (χ2v) is 5.96. The molecule has 20 heavy (non-hydrogen) atoms. The van der Waals surface area contributed by atoms with E-state index in [1.54, 1.807) is 0 Å². The van der Waals surface area contributed by atoms with E-state index in [4.69, 9.17) is 11.6 Å². The molecule has 0 aromatic heterocycles. The Morgan fingerprint density at radius 1 is 0.900 bits per heavy atom. The van der Waals surface area contributed by atoms with Crippen LogP contribution in [0.4, 0.5) is 0 Å². The second kappa shape index (κ2) is 6.43. The molecule has 2 aromatic carbocycles. The molecular weight excluding hydrogens is 266 g/mol. The third kappa shape index (κ3) is 3.62. The first-order valence-electron chi connectivity index (χ1n) is 7.06. The summed E-state index contributed by atoms with van der Waals surface area (Å²) in [6.45, 7) is 8.63. The predicted octanol–water partition coefficient (Wildman–Crippen LogP) is 5.37. The molecule has 1 nitrogen and oxygen atoms in total. The lowest BCUT2D eigenvalue weighted by Crippen LogP contribution is -2.22. The van der Waals surface area contributed by atoms with Crippen molar-refractivity contribution in [3.8, 4) is 0 Å². The lowest BCUT2D eigenvalue weighted by molar-refractivity contribution is 0.494. The molecule has 0 spiro atoms. The van der Waals surface area contributed by atoms with Gasteiger partial charge < -0.3 is 5.32 Å². The Bertz CT molecular complexity index is 571. The van der Waals surface area contributed by atoms with Crippen molar-refractivity contribution in [1.82, 2.24) is 5.32 Å². The van der Waals surface area contributed by atoms with Gasteiger partial charge in [0.25, 0.3) is 0 Å². The average molecular weight is 288 g/mol. The number of benzene rings is 2. The van der Waals surface area contributed by atoms with E-state index in [0.717, 1.165) is 10.6 Å². The van der Waals surface area contributed by atoms with Crippen molar-refractivity contribution in [2.75, 3.05) is 0 Å². The molecule has 0 aliphatic rings. The molecule has 106 valence electrons. The highest BCUT2D eigenvalue weighted by Crippen LogP contribution is 2.25. The van der Waals surface area contributed by atoms with Crippen LogP contribution in [0, 0.1) is 13.8 Å². The maximum absolute atomic E-state index is 6.26. The minimum Gasteiger partial charge on any atom is -0.304 e. The molecule has 0 aliphatic carbocycles. The third-order valence-corrected chi connectivity index (χ3v) is 3.96. The average Bonchev–Trinajstić information content (AvgIpc) is 2.37. The van der Waals surface area contributed by atoms with Crippen LogP contribution in [0.3, 0.4) is 0 Å². The van der Waals surface area contributed by atoms with Crippen molar-refractivity contribution >= 4 is 11.6 Å². The maximum Gasteiger partial charge on any atom is 0.0453 e. The molecule has 1 unspecified atom stereocenters. The van der Waals surface area contributed by atoms with Crippen molar-refractivity contribution < 1.29 is 0 Å². The monoisotopic (exact) mass is 287 g/mol. The van der Waals surface area contributed by atoms with E-state index in [-0.39, 0.29) is 6.04 Å². The Hall–Kier alpha value is -1.31. The minimum atomic E-state index is 0.222. The summed E-state index contributed by atoms with van der Waals surface area (Å²) in [5.41, 5.74) is 5.07. The van der Waals surface area contributed by atoms with Gasteiger partial charge >= 0.3 is 0 Å². The van der Waals surface area contributed by atoms with Crippen LogP contribution >= 0.6 is 11.6 Å². The van der Waals surface area contributed by atoms with Crippen molar-refractivity contribution in [3.05, 3.63) is 69.7 Å². The van der Waals surface area contributed by atoms with Crippen molar-refractivity contribution in [2.45, 2.75) is 39.8 Å². The molecule has 0 saturated carbocycles. The Kier molecular flexibility index (Phi) is 4.85. The standard InChI is InChI=1S/C18H22ClN/c1-12-9-13(2)11-16(10-12)14(3)20-15(4)17-7-5-6-8-18(17)19/h5-11,14-15,20H,1-4H3/t14?,15-/m0/s1. The summed E-state index contributed by atoms with van der Waals surface area (Å²) in [5.74, 6) is 0. The topological polar surface area (TPSA) is 12.0 Å². The first-order chi connectivity index (χ1) is 9.47. The van der Waals surface area contributed by atoms with E-state index >= 15 is 0 Å². The number of nitrogens with one attached hydrogen (secondary N) is 1. The number of hydrogen-bond donors (Lipinski definition) is 1. The largest absolute Gasteiger partial charge is 0.304 e. The Balaban J connectivity index is 2.15. The summed E-state index contributed by atoms with van der Waals surface area (Å²) in [7, 11) is 0. The summed E-state index contributed by atoms with van der Waals surface area (Å²) in [6, 6.07) is 15.2. The quantitative estimate of drug-likeness (QED) is 0.797. The lowest BCUT2D eigenvalue weighted by Gasteiger charge is -2.22. The van der Waals surface area contributed by atoms with Crippen LogP contribution < -0.4 is 5.32 Å². The fraction of sp³-hybridized carbons (Fsp3) is 0.333. The van der Waals surface area contributed by atoms with Gasteiger partial charge in [0.05, 0.1) is 0 Å². The van der Waals surface area contributed by atoms with Gasteiger partial charge in [0, 0.05) is 17.1 Å². The van der Waals surface area contributed by atoms with Gasteiger partial charge in [-0.05, 0) is 44.9 Å². The van der Waals surface area contributed by atoms with Crippen molar-refractivity contribution in [1.29, 1.82) is 0 Å². The number of halogens is 1. The van der Waals surface area contributed by atoms with E-state index in [1.165, 1.54) is 16.7 Å². The normalized spacial score (nSPS) is 14.1. The first-order valence-corrected chi connectivity index (χ1v) is 7.44. The highest BCUT2D eigenvalue weighted by molar-refractivity contribution is 6.31. The fourth-order valence-corrected chi connectivity index (χ4v) is 2.95. The van der Waals surface area contributed by atoms with Gasteiger partial charge in [-0.1, -0.05) is 59.1 Å². The number of hydrogen-bond acceptors (Lipinski definition) is 1. The van der Waals surface area contributed by atoms with Gasteiger partial charge in [-0.3, -0.25) is 0 Å². The van der Waals surface area contributed by atoms with Gasteiger partial charge in [-0.15, -0.1) is 0 Å². The molecule has 2 aromatic rings. The van der Waals surface area contributed by atoms with Crippen LogP contribution in [0.2, 0.25) is 5.02 Å². The molecule has 0 saturated heterocycles. The van der Waals surface area contributed by atoms with E-state index in [0.29, 0.717) is 6.04 Å². The molecule has 2 rings (SSSR count). The van der Waals surface area contributed by atoms with Gasteiger partial charge in [-0.25, -0.2) is 0 Å². The molecule has 1 N–H and O–H groups in total. The third-order valence-electron chi connectivity index (χ3n) is 3.62. The zero-order chi connectivity index (χ0) is 14.7. The summed E-state index contributed by atoms with van der Waals surface area (Å²) < 4.78 is 0. The van der Waals surface area contributed by atoms with Crippen LogP contribution in [0.5, 0.6) is 0 Å². The van der Waals surface area contributed by atoms with E-state index in [2.05, 4.69) is 57.3 Å². The van der Waals surface area contributed by atoms with Crippen LogP contribution in [0.25, 0.3) is 0 Å². The minimum absolute atomic E-state index is 0.222. The Morgan fingerprint density at radius 3 is 2.10 bits per heavy atom. The van der Waals surface area contributed by atoms with E-state index < -0.39 is 0 Å². The van der Waals surface area contributed by atoms with Gasteiger partial charge in [0.15, 0.2) is 0 Å². The number of rotatable bonds is 4. The first kappa shape index (κ1) is 15.1. The fourth-order valence-electron chi connectivity index (χ4n) is 2.65. The zero-order valence-electron chi connectivity index (χ0n) is 12.6. The molecular formula is C18H22ClN. The zero-order valence-corrected chi connectivity index (χ0v) is 13.3. The lowest BCUT2D eigenvalue weighted by atomic mass is 10.0. The van der Waals surface area contributed by atoms with E-state index in [1.807, 2.05) is 18.2 Å². The van der Waals surface area contributed by atoms with Crippen molar-refractivity contribution in [2.24, 2.45) is 0 Å². The van der Waals surface area contributed by atoms with Crippen LogP contribution in [0.1, 0.15) is 48.2 Å². The number of aryl methyl sites for hydroxylation is 2. The maximum atomic E-state index is 6.26. The molecule has 0 radical (unpaired) electrons. The summed E-state index contributed by atoms with van der Waals surface area (Å²) in [5, 5.41) is 4.44. The summed E-state index contributed by atoms with van der Waals surface area (Å²) >= 11 is 6.26. The summed E-state index contributed by atoms with van der Waals surface area (Å²) in [6.07, 6.45) is 0. The smallest absolute Gasteiger partial charge is 0.0453 e. The molecule has 0 fully saturated rings. The highest BCUT2D eigenvalue weighted by atomic mass is 35.5. The van der Waals surface area contributed by atoms with Crippen LogP contribution in [-0.2, 0) is 0 Å². The highest BCUT2D eigenvalue weighted by Gasteiger charge is 2.13. The Morgan fingerprint density at radius 2 is 1.50 bits per heavy atom. The molecule has 0 heterocycles. The van der Waals surface area contributed by atoms with Gasteiger partial charge in [0.1, 0.15) is 0 Å². The molecule has 0 bridgehead atoms. The molecule has 2 atom stereocenters. The van der Waals surface area contributed by atoms with Crippen LogP contribution in [0.15, 0.2) is 42.5 Å². The predicted molar refractivity (Wildman–Crippen MR) is 87.3 cm³/mol. The summed E-state index contributed by atoms with van der Waals surface area (Å²) in [4.78, 5) is 0. The molecule has 0 amide bonds. The Labute approximate surface area is 127 Å². The second-order valence-electron chi connectivity index (χ2n) is 5.55. The van der Waals surface area contributed by atoms with E-state index in [9.17, 15) is 0 Å². The van der Waals surface area contributed by atoms with Crippen LogP contribution in [-0.4, -0.2) is 0 Å². The van der Waals surface area contributed by atoms with Crippen molar-refractivity contribution in [3.63, 3.8) is 0 Å². The SMILES string of the molecule is Cc1cc(C)cc(C(C)N[C@@H](C)c2ccccc2Cl)c1. The van der Waals surface area contributed by atoms with Gasteiger partial charge in [-0.2, -0.15) is 0 Å².